The monoisotopic (exact) mass is 382 g/mol. The van der Waals surface area contributed by atoms with Gasteiger partial charge in [0.15, 0.2) is 0 Å². The summed E-state index contributed by atoms with van der Waals surface area (Å²) in [6.07, 6.45) is 4.08. The lowest BCUT2D eigenvalue weighted by Crippen LogP contribution is -2.61. The van der Waals surface area contributed by atoms with Gasteiger partial charge in [-0.1, -0.05) is 13.0 Å². The molecule has 2 aliphatic rings. The molecule has 0 radical (unpaired) electrons. The van der Waals surface area contributed by atoms with E-state index in [1.54, 1.807) is 14.1 Å². The SMILES string of the molecule is CCc1ccc(CN2CCC3(O)CCN(S(=O)(=O)N(C)C)CC3C2)nc1. The maximum Gasteiger partial charge on any atom is 0.281 e. The Labute approximate surface area is 156 Å². The topological polar surface area (TPSA) is 77.0 Å². The summed E-state index contributed by atoms with van der Waals surface area (Å²) in [4.78, 5) is 6.80. The fraction of sp³-hybridized carbons (Fsp3) is 0.722. The first kappa shape index (κ1) is 19.7. The first-order chi connectivity index (χ1) is 12.2. The minimum Gasteiger partial charge on any atom is -0.389 e. The number of pyridine rings is 1. The second-order valence-electron chi connectivity index (χ2n) is 7.70. The molecule has 2 aliphatic heterocycles. The Morgan fingerprint density at radius 1 is 1.27 bits per heavy atom. The smallest absolute Gasteiger partial charge is 0.281 e. The Balaban J connectivity index is 1.67. The predicted molar refractivity (Wildman–Crippen MR) is 101 cm³/mol. The predicted octanol–water partition coefficient (Wildman–Crippen LogP) is 0.709. The van der Waals surface area contributed by atoms with Gasteiger partial charge in [0.1, 0.15) is 0 Å². The summed E-state index contributed by atoms with van der Waals surface area (Å²) in [5.41, 5.74) is 1.48. The van der Waals surface area contributed by atoms with E-state index in [1.165, 1.54) is 14.2 Å². The standard InChI is InChI=1S/C18H30N4O3S/c1-4-15-5-6-17(19-11-15)14-21-9-7-18(23)8-10-22(13-16(18)12-21)26(24,25)20(2)3/h5-6,11,16,23H,4,7-10,12-14H2,1-3H3. The van der Waals surface area contributed by atoms with E-state index in [0.29, 0.717) is 32.5 Å². The van der Waals surface area contributed by atoms with Crippen LogP contribution in [0.3, 0.4) is 0 Å². The van der Waals surface area contributed by atoms with Crippen LogP contribution >= 0.6 is 0 Å². The van der Waals surface area contributed by atoms with Crippen molar-refractivity contribution in [2.45, 2.75) is 38.3 Å². The number of likely N-dealkylation sites (tertiary alicyclic amines) is 1. The summed E-state index contributed by atoms with van der Waals surface area (Å²) in [5, 5.41) is 11.0. The molecule has 0 saturated carbocycles. The highest BCUT2D eigenvalue weighted by atomic mass is 32.2. The lowest BCUT2D eigenvalue weighted by molar-refractivity contribution is -0.103. The van der Waals surface area contributed by atoms with Crippen molar-refractivity contribution in [3.05, 3.63) is 29.6 Å². The number of fused-ring (bicyclic) bond motifs is 1. The van der Waals surface area contributed by atoms with Crippen molar-refractivity contribution in [2.75, 3.05) is 40.3 Å². The van der Waals surface area contributed by atoms with Gasteiger partial charge in [0.25, 0.3) is 10.2 Å². The molecule has 2 saturated heterocycles. The van der Waals surface area contributed by atoms with Crippen LogP contribution in [-0.2, 0) is 23.2 Å². The summed E-state index contributed by atoms with van der Waals surface area (Å²) in [6.45, 7) is 5.09. The van der Waals surface area contributed by atoms with E-state index < -0.39 is 15.8 Å². The molecule has 0 aliphatic carbocycles. The molecule has 7 nitrogen and oxygen atoms in total. The molecule has 3 rings (SSSR count). The van der Waals surface area contributed by atoms with Gasteiger partial charge in [0.2, 0.25) is 0 Å². The first-order valence-corrected chi connectivity index (χ1v) is 10.7. The van der Waals surface area contributed by atoms with Crippen LogP contribution in [0.4, 0.5) is 0 Å². The summed E-state index contributed by atoms with van der Waals surface area (Å²) < 4.78 is 27.6. The molecule has 8 heteroatoms. The molecule has 1 aromatic heterocycles. The number of aryl methyl sites for hydroxylation is 1. The van der Waals surface area contributed by atoms with Gasteiger partial charge in [-0.3, -0.25) is 9.88 Å². The van der Waals surface area contributed by atoms with Crippen LogP contribution in [0.25, 0.3) is 0 Å². The van der Waals surface area contributed by atoms with E-state index in [4.69, 9.17) is 0 Å². The summed E-state index contributed by atoms with van der Waals surface area (Å²) in [7, 11) is -0.336. The number of piperidine rings is 2. The van der Waals surface area contributed by atoms with Gasteiger partial charge < -0.3 is 5.11 Å². The number of hydrogen-bond donors (Lipinski definition) is 1. The summed E-state index contributed by atoms with van der Waals surface area (Å²) in [5.74, 6) is -0.0744. The van der Waals surface area contributed by atoms with Gasteiger partial charge in [-0.25, -0.2) is 0 Å². The van der Waals surface area contributed by atoms with Gasteiger partial charge in [-0.15, -0.1) is 0 Å². The lowest BCUT2D eigenvalue weighted by Gasteiger charge is -2.50. The molecule has 0 spiro atoms. The molecule has 3 heterocycles. The van der Waals surface area contributed by atoms with Gasteiger partial charge in [0, 0.05) is 58.9 Å². The molecule has 2 fully saturated rings. The number of aromatic nitrogens is 1. The van der Waals surface area contributed by atoms with Gasteiger partial charge in [-0.2, -0.15) is 17.0 Å². The Morgan fingerprint density at radius 2 is 2.00 bits per heavy atom. The van der Waals surface area contributed by atoms with Gasteiger partial charge >= 0.3 is 0 Å². The quantitative estimate of drug-likeness (QED) is 0.812. The van der Waals surface area contributed by atoms with E-state index in [1.807, 2.05) is 6.20 Å². The number of rotatable bonds is 5. The number of aliphatic hydroxyl groups is 1. The summed E-state index contributed by atoms with van der Waals surface area (Å²) >= 11 is 0. The van der Waals surface area contributed by atoms with Crippen LogP contribution in [0.2, 0.25) is 0 Å². The maximum atomic E-state index is 12.4. The van der Waals surface area contributed by atoms with Crippen molar-refractivity contribution in [3.8, 4) is 0 Å². The van der Waals surface area contributed by atoms with Crippen LogP contribution in [0.1, 0.15) is 31.0 Å². The molecule has 26 heavy (non-hydrogen) atoms. The number of hydrogen-bond acceptors (Lipinski definition) is 5. The van der Waals surface area contributed by atoms with Crippen LogP contribution in [0, 0.1) is 5.92 Å². The Morgan fingerprint density at radius 3 is 2.62 bits per heavy atom. The van der Waals surface area contributed by atoms with E-state index in [0.717, 1.165) is 25.2 Å². The Kier molecular flexibility index (Phi) is 5.69. The van der Waals surface area contributed by atoms with Crippen molar-refractivity contribution >= 4 is 10.2 Å². The normalized spacial score (nSPS) is 28.3. The molecule has 1 N–H and O–H groups in total. The largest absolute Gasteiger partial charge is 0.389 e. The zero-order valence-corrected chi connectivity index (χ0v) is 16.7. The van der Waals surface area contributed by atoms with E-state index in [9.17, 15) is 13.5 Å². The molecular weight excluding hydrogens is 352 g/mol. The fourth-order valence-corrected chi connectivity index (χ4v) is 5.06. The Hall–Kier alpha value is -1.06. The maximum absolute atomic E-state index is 12.4. The highest BCUT2D eigenvalue weighted by Crippen LogP contribution is 2.36. The van der Waals surface area contributed by atoms with Gasteiger partial charge in [-0.05, 0) is 30.9 Å². The average molecular weight is 383 g/mol. The van der Waals surface area contributed by atoms with Crippen molar-refractivity contribution in [1.29, 1.82) is 0 Å². The Bertz CT molecular complexity index is 722. The van der Waals surface area contributed by atoms with E-state index in [2.05, 4.69) is 28.9 Å². The molecule has 2 unspecified atom stereocenters. The minimum absolute atomic E-state index is 0.0744. The number of nitrogens with zero attached hydrogens (tertiary/aromatic N) is 4. The third-order valence-corrected chi connectivity index (χ3v) is 7.69. The second-order valence-corrected chi connectivity index (χ2v) is 9.84. The summed E-state index contributed by atoms with van der Waals surface area (Å²) in [6, 6.07) is 4.16. The van der Waals surface area contributed by atoms with E-state index >= 15 is 0 Å². The van der Waals surface area contributed by atoms with Crippen molar-refractivity contribution in [3.63, 3.8) is 0 Å². The molecule has 1 aromatic rings. The van der Waals surface area contributed by atoms with Crippen LogP contribution in [0.5, 0.6) is 0 Å². The van der Waals surface area contributed by atoms with Crippen LogP contribution in [0.15, 0.2) is 18.3 Å². The van der Waals surface area contributed by atoms with Gasteiger partial charge in [0.05, 0.1) is 11.3 Å². The first-order valence-electron chi connectivity index (χ1n) is 9.31. The third kappa shape index (κ3) is 3.94. The minimum atomic E-state index is -3.44. The highest BCUT2D eigenvalue weighted by Gasteiger charge is 2.47. The molecular formula is C18H30N4O3S. The zero-order chi connectivity index (χ0) is 18.9. The highest BCUT2D eigenvalue weighted by molar-refractivity contribution is 7.86. The molecule has 146 valence electrons. The average Bonchev–Trinajstić information content (AvgIpc) is 2.62. The third-order valence-electron chi connectivity index (χ3n) is 5.79. The zero-order valence-electron chi connectivity index (χ0n) is 15.9. The van der Waals surface area contributed by atoms with Crippen LogP contribution in [-0.4, -0.2) is 77.9 Å². The lowest BCUT2D eigenvalue weighted by atomic mass is 9.76. The van der Waals surface area contributed by atoms with Crippen molar-refractivity contribution < 1.29 is 13.5 Å². The molecule has 0 aromatic carbocycles. The molecule has 2 atom stereocenters. The molecule has 0 amide bonds. The van der Waals surface area contributed by atoms with Crippen LogP contribution < -0.4 is 0 Å². The molecule has 0 bridgehead atoms. The van der Waals surface area contributed by atoms with E-state index in [-0.39, 0.29) is 5.92 Å². The van der Waals surface area contributed by atoms with Crippen molar-refractivity contribution in [1.82, 2.24) is 18.5 Å². The second kappa shape index (κ2) is 7.52. The van der Waals surface area contributed by atoms with Crippen molar-refractivity contribution in [2.24, 2.45) is 5.92 Å². The fourth-order valence-electron chi connectivity index (χ4n) is 3.91.